The number of carbonyl (C=O) groups excluding carboxylic acids is 1. The number of nitrogens with zero attached hydrogens (tertiary/aromatic N) is 1. The molecule has 4 nitrogen and oxygen atoms in total. The molecule has 0 saturated heterocycles. The molecule has 2 aromatic carbocycles. The maximum Gasteiger partial charge on any atom is 0.407 e. The fourth-order valence-electron chi connectivity index (χ4n) is 2.44. The van der Waals surface area contributed by atoms with Crippen molar-refractivity contribution in [3.63, 3.8) is 0 Å². The third-order valence-corrected chi connectivity index (χ3v) is 3.46. The van der Waals surface area contributed by atoms with E-state index in [1.165, 1.54) is 5.56 Å². The molecule has 0 aliphatic heterocycles. The van der Waals surface area contributed by atoms with E-state index < -0.39 is 0 Å². The van der Waals surface area contributed by atoms with Gasteiger partial charge in [0.2, 0.25) is 0 Å². The summed E-state index contributed by atoms with van der Waals surface area (Å²) >= 11 is 0. The molecule has 2 rings (SSSR count). The van der Waals surface area contributed by atoms with Crippen molar-refractivity contribution in [2.45, 2.75) is 26.1 Å². The highest BCUT2D eigenvalue weighted by atomic mass is 16.5. The Hall–Kier alpha value is -2.33. The Morgan fingerprint density at radius 3 is 2.22 bits per heavy atom. The molecule has 0 bridgehead atoms. The van der Waals surface area contributed by atoms with Gasteiger partial charge in [0.1, 0.15) is 6.61 Å². The molecule has 0 fully saturated rings. The molecule has 0 spiro atoms. The zero-order valence-electron chi connectivity index (χ0n) is 13.7. The van der Waals surface area contributed by atoms with Gasteiger partial charge in [-0.2, -0.15) is 0 Å². The third-order valence-electron chi connectivity index (χ3n) is 3.46. The molecule has 0 aliphatic rings. The van der Waals surface area contributed by atoms with E-state index in [1.54, 1.807) is 0 Å². The maximum atomic E-state index is 11.8. The molecule has 1 amide bonds. The summed E-state index contributed by atoms with van der Waals surface area (Å²) in [5.41, 5.74) is 2.24. The zero-order chi connectivity index (χ0) is 16.5. The smallest absolute Gasteiger partial charge is 0.407 e. The van der Waals surface area contributed by atoms with Crippen molar-refractivity contribution in [3.8, 4) is 0 Å². The highest BCUT2D eigenvalue weighted by Gasteiger charge is 2.11. The van der Waals surface area contributed by atoms with Gasteiger partial charge in [0.25, 0.3) is 0 Å². The van der Waals surface area contributed by atoms with E-state index in [9.17, 15) is 4.79 Å². The molecular formula is C19H24N2O2. The molecule has 1 N–H and O–H groups in total. The van der Waals surface area contributed by atoms with E-state index in [4.69, 9.17) is 4.74 Å². The van der Waals surface area contributed by atoms with Crippen LogP contribution in [0.25, 0.3) is 0 Å². The van der Waals surface area contributed by atoms with E-state index in [1.807, 2.05) is 62.5 Å². The maximum absolute atomic E-state index is 11.8. The Balaban J connectivity index is 1.69. The first kappa shape index (κ1) is 17.0. The molecule has 122 valence electrons. The van der Waals surface area contributed by atoms with Gasteiger partial charge in [0, 0.05) is 19.1 Å². The minimum Gasteiger partial charge on any atom is -0.445 e. The van der Waals surface area contributed by atoms with Crippen molar-refractivity contribution in [3.05, 3.63) is 71.8 Å². The Labute approximate surface area is 138 Å². The summed E-state index contributed by atoms with van der Waals surface area (Å²) in [6.45, 7) is 3.88. The molecule has 1 unspecified atom stereocenters. The number of ether oxygens (including phenoxy) is 1. The lowest BCUT2D eigenvalue weighted by Crippen LogP contribution is -2.40. The normalized spacial score (nSPS) is 12.0. The number of rotatable bonds is 7. The van der Waals surface area contributed by atoms with E-state index >= 15 is 0 Å². The van der Waals surface area contributed by atoms with Crippen LogP contribution in [0.4, 0.5) is 4.79 Å². The van der Waals surface area contributed by atoms with Gasteiger partial charge in [-0.3, -0.25) is 0 Å². The summed E-state index contributed by atoms with van der Waals surface area (Å²) in [5.74, 6) is 0. The molecule has 0 heterocycles. The predicted octanol–water partition coefficient (Wildman–Crippen LogP) is 3.43. The van der Waals surface area contributed by atoms with Crippen LogP contribution in [-0.4, -0.2) is 30.6 Å². The number of alkyl carbamates (subject to hydrolysis) is 1. The molecule has 0 saturated carbocycles. The lowest BCUT2D eigenvalue weighted by atomic mass is 10.2. The van der Waals surface area contributed by atoms with Gasteiger partial charge in [-0.1, -0.05) is 60.7 Å². The second kappa shape index (κ2) is 8.96. The van der Waals surface area contributed by atoms with Crippen LogP contribution >= 0.6 is 0 Å². The van der Waals surface area contributed by atoms with Crippen molar-refractivity contribution in [2.75, 3.05) is 13.6 Å². The lowest BCUT2D eigenvalue weighted by Gasteiger charge is -2.22. The number of likely N-dealkylation sites (N-methyl/N-ethyl adjacent to an activating group) is 1. The second-order valence-corrected chi connectivity index (χ2v) is 5.79. The van der Waals surface area contributed by atoms with E-state index in [-0.39, 0.29) is 12.1 Å². The van der Waals surface area contributed by atoms with Gasteiger partial charge in [-0.25, -0.2) is 4.79 Å². The summed E-state index contributed by atoms with van der Waals surface area (Å²) < 4.78 is 5.23. The van der Waals surface area contributed by atoms with E-state index in [0.717, 1.165) is 18.7 Å². The summed E-state index contributed by atoms with van der Waals surface area (Å²) in [5, 5.41) is 2.86. The summed E-state index contributed by atoms with van der Waals surface area (Å²) in [7, 11) is 2.04. The monoisotopic (exact) mass is 312 g/mol. The standard InChI is InChI=1S/C19H24N2O2/c1-16(13-21(2)14-17-9-5-3-6-10-17)20-19(22)23-15-18-11-7-4-8-12-18/h3-12,16H,13-15H2,1-2H3,(H,20,22). The van der Waals surface area contributed by atoms with Crippen LogP contribution < -0.4 is 5.32 Å². The SMILES string of the molecule is CC(CN(C)Cc1ccccc1)NC(=O)OCc1ccccc1. The molecule has 0 aromatic heterocycles. The Morgan fingerprint density at radius 1 is 1.04 bits per heavy atom. The highest BCUT2D eigenvalue weighted by Crippen LogP contribution is 2.04. The Morgan fingerprint density at radius 2 is 1.61 bits per heavy atom. The topological polar surface area (TPSA) is 41.6 Å². The van der Waals surface area contributed by atoms with Crippen LogP contribution in [0.2, 0.25) is 0 Å². The van der Waals surface area contributed by atoms with Crippen LogP contribution in [0.15, 0.2) is 60.7 Å². The molecule has 2 aromatic rings. The van der Waals surface area contributed by atoms with Crippen LogP contribution in [0.1, 0.15) is 18.1 Å². The van der Waals surface area contributed by atoms with Gasteiger partial charge < -0.3 is 15.0 Å². The number of nitrogens with one attached hydrogen (secondary N) is 1. The van der Waals surface area contributed by atoms with Crippen LogP contribution in [-0.2, 0) is 17.9 Å². The third kappa shape index (κ3) is 6.53. The van der Waals surface area contributed by atoms with Crippen molar-refractivity contribution >= 4 is 6.09 Å². The molecule has 1 atom stereocenters. The molecule has 4 heteroatoms. The fourth-order valence-corrected chi connectivity index (χ4v) is 2.44. The lowest BCUT2D eigenvalue weighted by molar-refractivity contribution is 0.133. The molecule has 0 aliphatic carbocycles. The summed E-state index contributed by atoms with van der Waals surface area (Å²) in [6, 6.07) is 20.0. The van der Waals surface area contributed by atoms with Crippen LogP contribution in [0.5, 0.6) is 0 Å². The van der Waals surface area contributed by atoms with Gasteiger partial charge in [-0.05, 0) is 25.1 Å². The first-order chi connectivity index (χ1) is 11.1. The van der Waals surface area contributed by atoms with Crippen LogP contribution in [0.3, 0.4) is 0 Å². The van der Waals surface area contributed by atoms with Crippen LogP contribution in [0, 0.1) is 0 Å². The average molecular weight is 312 g/mol. The van der Waals surface area contributed by atoms with Crippen molar-refractivity contribution in [2.24, 2.45) is 0 Å². The molecule has 0 radical (unpaired) electrons. The number of amides is 1. The number of hydrogen-bond acceptors (Lipinski definition) is 3. The largest absolute Gasteiger partial charge is 0.445 e. The number of hydrogen-bond donors (Lipinski definition) is 1. The van der Waals surface area contributed by atoms with Gasteiger partial charge in [0.05, 0.1) is 0 Å². The van der Waals surface area contributed by atoms with Gasteiger partial charge in [-0.15, -0.1) is 0 Å². The molecule has 23 heavy (non-hydrogen) atoms. The first-order valence-corrected chi connectivity index (χ1v) is 7.83. The van der Waals surface area contributed by atoms with Crippen molar-refractivity contribution in [1.29, 1.82) is 0 Å². The minimum atomic E-state index is -0.380. The predicted molar refractivity (Wildman–Crippen MR) is 92.0 cm³/mol. The quantitative estimate of drug-likeness (QED) is 0.851. The second-order valence-electron chi connectivity index (χ2n) is 5.79. The first-order valence-electron chi connectivity index (χ1n) is 7.83. The average Bonchev–Trinajstić information content (AvgIpc) is 2.54. The van der Waals surface area contributed by atoms with E-state index in [2.05, 4.69) is 22.3 Å². The highest BCUT2D eigenvalue weighted by molar-refractivity contribution is 5.67. The Bertz CT molecular complexity index is 587. The molecular weight excluding hydrogens is 288 g/mol. The Kier molecular flexibility index (Phi) is 6.63. The van der Waals surface area contributed by atoms with Gasteiger partial charge in [0.15, 0.2) is 0 Å². The van der Waals surface area contributed by atoms with Crippen molar-refractivity contribution in [1.82, 2.24) is 10.2 Å². The zero-order valence-corrected chi connectivity index (χ0v) is 13.7. The number of carbonyl (C=O) groups is 1. The van der Waals surface area contributed by atoms with Crippen molar-refractivity contribution < 1.29 is 9.53 Å². The van der Waals surface area contributed by atoms with Gasteiger partial charge >= 0.3 is 6.09 Å². The fraction of sp³-hybridized carbons (Fsp3) is 0.316. The van der Waals surface area contributed by atoms with E-state index in [0.29, 0.717) is 6.61 Å². The summed E-state index contributed by atoms with van der Waals surface area (Å²) in [6.07, 6.45) is -0.380. The minimum absolute atomic E-state index is 0.0204. The summed E-state index contributed by atoms with van der Waals surface area (Å²) in [4.78, 5) is 14.0. The number of benzene rings is 2.